The van der Waals surface area contributed by atoms with Gasteiger partial charge in [-0.15, -0.1) is 11.3 Å². The molecule has 3 N–H and O–H groups in total. The van der Waals surface area contributed by atoms with Crippen molar-refractivity contribution in [3.63, 3.8) is 0 Å². The first kappa shape index (κ1) is 19.4. The van der Waals surface area contributed by atoms with E-state index >= 15 is 0 Å². The lowest BCUT2D eigenvalue weighted by Crippen LogP contribution is -2.36. The molecule has 1 aliphatic rings. The van der Waals surface area contributed by atoms with Crippen molar-refractivity contribution in [2.24, 2.45) is 0 Å². The van der Waals surface area contributed by atoms with Gasteiger partial charge in [0, 0.05) is 23.8 Å². The van der Waals surface area contributed by atoms with Crippen LogP contribution in [0.5, 0.6) is 0 Å². The van der Waals surface area contributed by atoms with E-state index in [1.54, 1.807) is 0 Å². The van der Waals surface area contributed by atoms with E-state index in [9.17, 15) is 14.4 Å². The van der Waals surface area contributed by atoms with E-state index in [2.05, 4.69) is 10.6 Å². The summed E-state index contributed by atoms with van der Waals surface area (Å²) in [5, 5.41) is 15.1. The molecule has 0 saturated heterocycles. The monoisotopic (exact) mass is 366 g/mol. The molecule has 1 aromatic heterocycles. The van der Waals surface area contributed by atoms with Crippen LogP contribution >= 0.6 is 11.3 Å². The molecule has 1 aliphatic carbocycles. The van der Waals surface area contributed by atoms with Gasteiger partial charge in [0.2, 0.25) is 5.91 Å². The number of rotatable bonds is 7. The molecule has 0 bridgehead atoms. The van der Waals surface area contributed by atoms with E-state index in [4.69, 9.17) is 5.11 Å². The second-order valence-corrected chi connectivity index (χ2v) is 7.82. The Kier molecular flexibility index (Phi) is 6.99. The number of aryl methyl sites for hydroxylation is 1. The Labute approximate surface area is 152 Å². The van der Waals surface area contributed by atoms with Crippen molar-refractivity contribution < 1.29 is 19.5 Å². The van der Waals surface area contributed by atoms with Crippen LogP contribution in [0, 0.1) is 13.8 Å². The van der Waals surface area contributed by atoms with Crippen LogP contribution in [0.2, 0.25) is 0 Å². The third-order valence-corrected chi connectivity index (χ3v) is 5.72. The quantitative estimate of drug-likeness (QED) is 0.687. The van der Waals surface area contributed by atoms with Crippen molar-refractivity contribution in [3.8, 4) is 0 Å². The zero-order valence-corrected chi connectivity index (χ0v) is 15.6. The molecule has 0 aromatic carbocycles. The summed E-state index contributed by atoms with van der Waals surface area (Å²) in [7, 11) is 0. The van der Waals surface area contributed by atoms with Gasteiger partial charge < -0.3 is 15.7 Å². The van der Waals surface area contributed by atoms with Crippen LogP contribution in [-0.4, -0.2) is 28.9 Å². The fourth-order valence-corrected chi connectivity index (χ4v) is 4.16. The molecule has 1 fully saturated rings. The van der Waals surface area contributed by atoms with Crippen LogP contribution in [0.25, 0.3) is 0 Å². The lowest BCUT2D eigenvalue weighted by atomic mass is 9.95. The van der Waals surface area contributed by atoms with Gasteiger partial charge in [-0.2, -0.15) is 0 Å². The molecule has 1 aromatic rings. The van der Waals surface area contributed by atoms with E-state index in [0.717, 1.165) is 36.1 Å². The number of aliphatic carboxylic acids is 1. The van der Waals surface area contributed by atoms with Crippen molar-refractivity contribution in [3.05, 3.63) is 16.0 Å². The van der Waals surface area contributed by atoms with E-state index in [0.29, 0.717) is 10.6 Å². The summed E-state index contributed by atoms with van der Waals surface area (Å²) >= 11 is 1.39. The molecule has 1 heterocycles. The highest BCUT2D eigenvalue weighted by molar-refractivity contribution is 7.16. The number of carbonyl (C=O) groups excluding carboxylic acids is 2. The summed E-state index contributed by atoms with van der Waals surface area (Å²) in [5.74, 6) is -1.30. The molecule has 7 heteroatoms. The molecule has 0 aliphatic heterocycles. The average molecular weight is 366 g/mol. The fraction of sp³-hybridized carbons (Fsp3) is 0.611. The van der Waals surface area contributed by atoms with Gasteiger partial charge in [-0.05, 0) is 38.7 Å². The number of carbonyl (C=O) groups is 3. The number of hydrogen-bond acceptors (Lipinski definition) is 4. The molecule has 0 radical (unpaired) electrons. The van der Waals surface area contributed by atoms with Crippen LogP contribution in [0.15, 0.2) is 0 Å². The average Bonchev–Trinajstić information content (AvgIpc) is 2.82. The molecule has 1 saturated carbocycles. The number of thiophene rings is 1. The van der Waals surface area contributed by atoms with Crippen LogP contribution in [0.3, 0.4) is 0 Å². The predicted molar refractivity (Wildman–Crippen MR) is 98.2 cm³/mol. The Morgan fingerprint density at radius 2 is 1.80 bits per heavy atom. The SMILES string of the molecule is Cc1sc(NC(=O)CCCC(=O)O)c(C(=O)NC2CCCCC2)c1C. The number of amides is 2. The zero-order chi connectivity index (χ0) is 18.4. The largest absolute Gasteiger partial charge is 0.481 e. The highest BCUT2D eigenvalue weighted by atomic mass is 32.1. The maximum absolute atomic E-state index is 12.7. The van der Waals surface area contributed by atoms with E-state index in [-0.39, 0.29) is 37.1 Å². The lowest BCUT2D eigenvalue weighted by Gasteiger charge is -2.23. The Balaban J connectivity index is 2.03. The van der Waals surface area contributed by atoms with Crippen LogP contribution in [0.4, 0.5) is 5.00 Å². The maximum atomic E-state index is 12.7. The van der Waals surface area contributed by atoms with Gasteiger partial charge in [-0.3, -0.25) is 14.4 Å². The van der Waals surface area contributed by atoms with Crippen molar-refractivity contribution in [1.29, 1.82) is 0 Å². The molecule has 0 unspecified atom stereocenters. The number of carboxylic acids is 1. The molecule has 2 rings (SSSR count). The lowest BCUT2D eigenvalue weighted by molar-refractivity contribution is -0.137. The summed E-state index contributed by atoms with van der Waals surface area (Å²) in [6.07, 6.45) is 5.89. The van der Waals surface area contributed by atoms with Crippen LogP contribution in [0.1, 0.15) is 72.2 Å². The predicted octanol–water partition coefficient (Wildman–Crippen LogP) is 3.62. The van der Waals surface area contributed by atoms with Crippen molar-refractivity contribution >= 4 is 34.1 Å². The van der Waals surface area contributed by atoms with Gasteiger partial charge >= 0.3 is 5.97 Å². The Bertz CT molecular complexity index is 648. The molecular weight excluding hydrogens is 340 g/mol. The van der Waals surface area contributed by atoms with Crippen LogP contribution < -0.4 is 10.6 Å². The first-order chi connectivity index (χ1) is 11.9. The van der Waals surface area contributed by atoms with E-state index < -0.39 is 5.97 Å². The van der Waals surface area contributed by atoms with Gasteiger partial charge in [0.15, 0.2) is 0 Å². The van der Waals surface area contributed by atoms with E-state index in [1.165, 1.54) is 17.8 Å². The van der Waals surface area contributed by atoms with E-state index in [1.807, 2.05) is 13.8 Å². The summed E-state index contributed by atoms with van der Waals surface area (Å²) in [6, 6.07) is 0.208. The van der Waals surface area contributed by atoms with Crippen LogP contribution in [-0.2, 0) is 9.59 Å². The highest BCUT2D eigenvalue weighted by Gasteiger charge is 2.24. The van der Waals surface area contributed by atoms with Crippen molar-refractivity contribution in [1.82, 2.24) is 5.32 Å². The standard InChI is InChI=1S/C18H26N2O4S/c1-11-12(2)25-18(20-14(21)9-6-10-15(22)23)16(11)17(24)19-13-7-4-3-5-8-13/h13H,3-10H2,1-2H3,(H,19,24)(H,20,21)(H,22,23). The minimum Gasteiger partial charge on any atom is -0.481 e. The molecule has 2 amide bonds. The number of hydrogen-bond donors (Lipinski definition) is 3. The zero-order valence-electron chi connectivity index (χ0n) is 14.8. The molecular formula is C18H26N2O4S. The molecule has 6 nitrogen and oxygen atoms in total. The van der Waals surface area contributed by atoms with Gasteiger partial charge in [0.1, 0.15) is 5.00 Å². The third-order valence-electron chi connectivity index (χ3n) is 4.60. The summed E-state index contributed by atoms with van der Waals surface area (Å²) in [4.78, 5) is 36.3. The normalized spacial score (nSPS) is 15.0. The maximum Gasteiger partial charge on any atom is 0.303 e. The second-order valence-electron chi connectivity index (χ2n) is 6.59. The third kappa shape index (κ3) is 5.56. The minimum atomic E-state index is -0.914. The molecule has 25 heavy (non-hydrogen) atoms. The molecule has 0 atom stereocenters. The van der Waals surface area contributed by atoms with Gasteiger partial charge in [-0.25, -0.2) is 0 Å². The smallest absolute Gasteiger partial charge is 0.303 e. The summed E-state index contributed by atoms with van der Waals surface area (Å²) in [6.45, 7) is 3.82. The highest BCUT2D eigenvalue weighted by Crippen LogP contribution is 2.33. The van der Waals surface area contributed by atoms with Gasteiger partial charge in [0.05, 0.1) is 5.56 Å². The van der Waals surface area contributed by atoms with Gasteiger partial charge in [0.25, 0.3) is 5.91 Å². The summed E-state index contributed by atoms with van der Waals surface area (Å²) in [5.41, 5.74) is 1.43. The topological polar surface area (TPSA) is 95.5 Å². The fourth-order valence-electron chi connectivity index (χ4n) is 3.08. The molecule has 0 spiro atoms. The van der Waals surface area contributed by atoms with Gasteiger partial charge in [-0.1, -0.05) is 19.3 Å². The first-order valence-corrected chi connectivity index (χ1v) is 9.62. The first-order valence-electron chi connectivity index (χ1n) is 8.81. The van der Waals surface area contributed by atoms with Crippen molar-refractivity contribution in [2.45, 2.75) is 71.3 Å². The van der Waals surface area contributed by atoms with Crippen molar-refractivity contribution in [2.75, 3.05) is 5.32 Å². The number of carboxylic acid groups (broad SMARTS) is 1. The molecule has 138 valence electrons. The minimum absolute atomic E-state index is 0.0368. The number of nitrogens with one attached hydrogen (secondary N) is 2. The Morgan fingerprint density at radius 3 is 2.44 bits per heavy atom. The summed E-state index contributed by atoms with van der Waals surface area (Å²) < 4.78 is 0. The number of anilines is 1. The Morgan fingerprint density at radius 1 is 1.12 bits per heavy atom. The Hall–Kier alpha value is -1.89. The second kappa shape index (κ2) is 8.99.